The number of ether oxygens (including phenoxy) is 2. The number of esters is 2. The van der Waals surface area contributed by atoms with Crippen molar-refractivity contribution >= 4 is 27.7 Å². The maximum absolute atomic E-state index is 12.6. The number of rotatable bonds is 6. The molecule has 2 heterocycles. The number of aromatic nitrogens is 1. The van der Waals surface area contributed by atoms with E-state index in [0.717, 1.165) is 0 Å². The van der Waals surface area contributed by atoms with Gasteiger partial charge in [0, 0.05) is 18.8 Å². The third-order valence-electron chi connectivity index (χ3n) is 4.86. The van der Waals surface area contributed by atoms with Gasteiger partial charge in [-0.2, -0.15) is 0 Å². The maximum Gasteiger partial charge on any atom is 0.355 e. The molecule has 1 fully saturated rings. The molecule has 1 amide bonds. The van der Waals surface area contributed by atoms with E-state index in [1.807, 2.05) is 0 Å². The first-order valence-electron chi connectivity index (χ1n) is 9.02. The number of likely N-dealkylation sites (N-methyl/N-ethyl adjacent to an activating group) is 1. The number of hydrogen-bond donors (Lipinski definition) is 1. The van der Waals surface area contributed by atoms with Gasteiger partial charge in [0.15, 0.2) is 15.9 Å². The van der Waals surface area contributed by atoms with Gasteiger partial charge < -0.3 is 19.4 Å². The Hall–Kier alpha value is -2.36. The lowest BCUT2D eigenvalue weighted by atomic mass is 10.1. The predicted molar refractivity (Wildman–Crippen MR) is 101 cm³/mol. The van der Waals surface area contributed by atoms with Crippen LogP contribution in [0.1, 0.15) is 52.4 Å². The van der Waals surface area contributed by atoms with Gasteiger partial charge in [-0.25, -0.2) is 18.0 Å². The Bertz CT molecular complexity index is 888. The van der Waals surface area contributed by atoms with Crippen molar-refractivity contribution in [3.05, 3.63) is 22.5 Å². The van der Waals surface area contributed by atoms with Gasteiger partial charge in [-0.3, -0.25) is 4.79 Å². The third-order valence-corrected chi connectivity index (χ3v) is 6.61. The quantitative estimate of drug-likeness (QED) is 0.689. The van der Waals surface area contributed by atoms with E-state index in [1.165, 1.54) is 18.9 Å². The SMILES string of the molecule is CCOC(=O)c1[nH]c(C)c(C(=O)O[C@@H](C)C(=O)N(C)[C@@H]2CCS(=O)(=O)C2)c1C. The molecule has 1 aromatic rings. The molecule has 0 unspecified atom stereocenters. The highest BCUT2D eigenvalue weighted by Crippen LogP contribution is 2.22. The van der Waals surface area contributed by atoms with Crippen molar-refractivity contribution in [1.29, 1.82) is 0 Å². The van der Waals surface area contributed by atoms with Crippen LogP contribution >= 0.6 is 0 Å². The number of amides is 1. The minimum Gasteiger partial charge on any atom is -0.461 e. The number of nitrogens with zero attached hydrogens (tertiary/aromatic N) is 1. The van der Waals surface area contributed by atoms with Crippen LogP contribution in [-0.4, -0.2) is 73.5 Å². The van der Waals surface area contributed by atoms with Crippen molar-refractivity contribution in [3.63, 3.8) is 0 Å². The topological polar surface area (TPSA) is 123 Å². The van der Waals surface area contributed by atoms with E-state index < -0.39 is 39.8 Å². The number of sulfone groups is 1. The molecule has 9 nitrogen and oxygen atoms in total. The van der Waals surface area contributed by atoms with Crippen molar-refractivity contribution in [1.82, 2.24) is 9.88 Å². The van der Waals surface area contributed by atoms with Gasteiger partial charge in [0.2, 0.25) is 0 Å². The van der Waals surface area contributed by atoms with Gasteiger partial charge in [0.1, 0.15) is 5.69 Å². The van der Waals surface area contributed by atoms with Gasteiger partial charge in [-0.05, 0) is 39.7 Å². The molecular weight excluding hydrogens is 388 g/mol. The van der Waals surface area contributed by atoms with Gasteiger partial charge >= 0.3 is 11.9 Å². The molecule has 10 heteroatoms. The second-order valence-corrected chi connectivity index (χ2v) is 9.13. The molecule has 0 aromatic carbocycles. The lowest BCUT2D eigenvalue weighted by Gasteiger charge is -2.26. The molecule has 0 spiro atoms. The first-order chi connectivity index (χ1) is 13.0. The molecule has 2 atom stereocenters. The normalized spacial score (nSPS) is 19.1. The zero-order valence-corrected chi connectivity index (χ0v) is 17.5. The van der Waals surface area contributed by atoms with Crippen LogP contribution in [0.15, 0.2) is 0 Å². The molecule has 2 rings (SSSR count). The molecule has 0 radical (unpaired) electrons. The van der Waals surface area contributed by atoms with Crippen LogP contribution in [0.3, 0.4) is 0 Å². The fourth-order valence-electron chi connectivity index (χ4n) is 3.28. The summed E-state index contributed by atoms with van der Waals surface area (Å²) in [7, 11) is -1.63. The average Bonchev–Trinajstić information content (AvgIpc) is 3.12. The van der Waals surface area contributed by atoms with Crippen molar-refractivity contribution < 1.29 is 32.3 Å². The van der Waals surface area contributed by atoms with Crippen LogP contribution in [-0.2, 0) is 24.1 Å². The van der Waals surface area contributed by atoms with Crippen LogP contribution in [0.2, 0.25) is 0 Å². The molecule has 0 aliphatic carbocycles. The summed E-state index contributed by atoms with van der Waals surface area (Å²) >= 11 is 0. The Morgan fingerprint density at radius 3 is 2.43 bits per heavy atom. The van der Waals surface area contributed by atoms with Gasteiger partial charge in [-0.1, -0.05) is 0 Å². The molecule has 28 heavy (non-hydrogen) atoms. The summed E-state index contributed by atoms with van der Waals surface area (Å²) in [4.78, 5) is 41.2. The van der Waals surface area contributed by atoms with Gasteiger partial charge in [0.25, 0.3) is 5.91 Å². The summed E-state index contributed by atoms with van der Waals surface area (Å²) in [6, 6.07) is -0.426. The predicted octanol–water partition coefficient (Wildman–Crippen LogP) is 0.999. The van der Waals surface area contributed by atoms with E-state index >= 15 is 0 Å². The first-order valence-corrected chi connectivity index (χ1v) is 10.8. The number of carbonyl (C=O) groups is 3. The Morgan fingerprint density at radius 2 is 1.89 bits per heavy atom. The number of hydrogen-bond acceptors (Lipinski definition) is 7. The lowest BCUT2D eigenvalue weighted by molar-refractivity contribution is -0.140. The first kappa shape index (κ1) is 21.9. The molecule has 1 aliphatic heterocycles. The Morgan fingerprint density at radius 1 is 1.25 bits per heavy atom. The minimum absolute atomic E-state index is 0.0435. The van der Waals surface area contributed by atoms with E-state index in [0.29, 0.717) is 17.7 Å². The summed E-state index contributed by atoms with van der Waals surface area (Å²) in [6.45, 7) is 6.52. The summed E-state index contributed by atoms with van der Waals surface area (Å²) in [6.07, 6.45) is -0.731. The molecule has 1 aliphatic rings. The van der Waals surface area contributed by atoms with Crippen molar-refractivity contribution in [2.75, 3.05) is 25.2 Å². The molecular formula is C18H26N2O7S. The Kier molecular flexibility index (Phi) is 6.53. The van der Waals surface area contributed by atoms with Crippen molar-refractivity contribution in [2.45, 2.75) is 46.3 Å². The standard InChI is InChI=1S/C18H26N2O7S/c1-6-26-18(23)15-10(2)14(11(3)19-15)17(22)27-12(4)16(21)20(5)13-7-8-28(24,25)9-13/h12-13,19H,6-9H2,1-5H3/t12-,13+/m0/s1. The van der Waals surface area contributed by atoms with Crippen LogP contribution in [0, 0.1) is 13.8 Å². The highest BCUT2D eigenvalue weighted by molar-refractivity contribution is 7.91. The fourth-order valence-corrected chi connectivity index (χ4v) is 5.06. The maximum atomic E-state index is 12.6. The molecule has 1 N–H and O–H groups in total. The third kappa shape index (κ3) is 4.54. The van der Waals surface area contributed by atoms with E-state index in [2.05, 4.69) is 4.98 Å². The number of nitrogens with one attached hydrogen (secondary N) is 1. The van der Waals surface area contributed by atoms with Crippen LogP contribution < -0.4 is 0 Å². The van der Waals surface area contributed by atoms with E-state index in [-0.39, 0.29) is 29.4 Å². The van der Waals surface area contributed by atoms with Gasteiger partial charge in [0.05, 0.1) is 23.7 Å². The van der Waals surface area contributed by atoms with Crippen LogP contribution in [0.5, 0.6) is 0 Å². The van der Waals surface area contributed by atoms with Crippen molar-refractivity contribution in [2.24, 2.45) is 0 Å². The molecule has 1 aromatic heterocycles. The molecule has 156 valence electrons. The van der Waals surface area contributed by atoms with Crippen LogP contribution in [0.4, 0.5) is 0 Å². The van der Waals surface area contributed by atoms with Crippen molar-refractivity contribution in [3.8, 4) is 0 Å². The summed E-state index contributed by atoms with van der Waals surface area (Å²) in [5.74, 6) is -1.84. The van der Waals surface area contributed by atoms with Crippen LogP contribution in [0.25, 0.3) is 0 Å². The lowest BCUT2D eigenvalue weighted by Crippen LogP contribution is -2.44. The zero-order valence-electron chi connectivity index (χ0n) is 16.7. The smallest absolute Gasteiger partial charge is 0.355 e. The number of H-pyrrole nitrogens is 1. The number of aromatic amines is 1. The highest BCUT2D eigenvalue weighted by Gasteiger charge is 2.35. The highest BCUT2D eigenvalue weighted by atomic mass is 32.2. The zero-order chi connectivity index (χ0) is 21.2. The van der Waals surface area contributed by atoms with E-state index in [4.69, 9.17) is 9.47 Å². The number of aryl methyl sites for hydroxylation is 1. The molecule has 0 saturated carbocycles. The Balaban J connectivity index is 2.10. The molecule has 0 bridgehead atoms. The fraction of sp³-hybridized carbons (Fsp3) is 0.611. The Labute approximate surface area is 164 Å². The van der Waals surface area contributed by atoms with Gasteiger partial charge in [-0.15, -0.1) is 0 Å². The average molecular weight is 414 g/mol. The number of carbonyl (C=O) groups excluding carboxylic acids is 3. The summed E-state index contributed by atoms with van der Waals surface area (Å²) < 4.78 is 33.5. The molecule has 1 saturated heterocycles. The largest absolute Gasteiger partial charge is 0.461 e. The second-order valence-electron chi connectivity index (χ2n) is 6.90. The summed E-state index contributed by atoms with van der Waals surface area (Å²) in [5, 5.41) is 0. The minimum atomic E-state index is -3.14. The van der Waals surface area contributed by atoms with E-state index in [1.54, 1.807) is 20.8 Å². The monoisotopic (exact) mass is 414 g/mol. The second kappa shape index (κ2) is 8.34. The van der Waals surface area contributed by atoms with E-state index in [9.17, 15) is 22.8 Å². The summed E-state index contributed by atoms with van der Waals surface area (Å²) in [5.41, 5.74) is 1.16.